The zero-order valence-electron chi connectivity index (χ0n) is 14.1. The van der Waals surface area contributed by atoms with E-state index in [1.165, 1.54) is 0 Å². The second-order valence-corrected chi connectivity index (χ2v) is 6.28. The first-order valence-electron chi connectivity index (χ1n) is 8.24. The molecule has 0 spiro atoms. The molecule has 0 saturated carbocycles. The highest BCUT2D eigenvalue weighted by molar-refractivity contribution is 5.40. The Balaban J connectivity index is 2.12. The number of para-hydroxylation sites is 1. The maximum Gasteiger partial charge on any atom is 0.115 e. The molecule has 2 aromatic carbocycles. The predicted octanol–water partition coefficient (Wildman–Crippen LogP) is 3.79. The maximum absolute atomic E-state index is 9.54. The van der Waals surface area contributed by atoms with E-state index < -0.39 is 0 Å². The largest absolute Gasteiger partial charge is 0.508 e. The third kappa shape index (κ3) is 3.19. The first kappa shape index (κ1) is 16.3. The van der Waals surface area contributed by atoms with Crippen molar-refractivity contribution >= 4 is 0 Å². The fourth-order valence-corrected chi connectivity index (χ4v) is 2.86. The van der Waals surface area contributed by atoms with Crippen LogP contribution >= 0.6 is 0 Å². The third-order valence-electron chi connectivity index (χ3n) is 4.24. The third-order valence-corrected chi connectivity index (χ3v) is 4.24. The number of nitrogens with two attached hydrogens (primary N) is 1. The molecule has 1 aromatic heterocycles. The van der Waals surface area contributed by atoms with Gasteiger partial charge in [-0.25, -0.2) is 4.68 Å². The van der Waals surface area contributed by atoms with Gasteiger partial charge in [0, 0.05) is 12.5 Å². The van der Waals surface area contributed by atoms with Crippen LogP contribution < -0.4 is 5.73 Å². The summed E-state index contributed by atoms with van der Waals surface area (Å²) in [5, 5.41) is 14.3. The van der Waals surface area contributed by atoms with Gasteiger partial charge in [0.05, 0.1) is 17.1 Å². The smallest absolute Gasteiger partial charge is 0.115 e. The van der Waals surface area contributed by atoms with Gasteiger partial charge in [-0.2, -0.15) is 5.10 Å². The van der Waals surface area contributed by atoms with Crippen molar-refractivity contribution in [2.45, 2.75) is 25.7 Å². The molecule has 1 unspecified atom stereocenters. The summed E-state index contributed by atoms with van der Waals surface area (Å²) in [5.74, 6) is 0.617. The normalized spacial score (nSPS) is 12.5. The minimum Gasteiger partial charge on any atom is -0.508 e. The van der Waals surface area contributed by atoms with E-state index in [1.807, 2.05) is 47.1 Å². The van der Waals surface area contributed by atoms with Gasteiger partial charge in [0.25, 0.3) is 0 Å². The molecule has 0 saturated heterocycles. The van der Waals surface area contributed by atoms with Crippen molar-refractivity contribution in [3.05, 3.63) is 77.6 Å². The number of nitrogens with zero attached hydrogens (tertiary/aromatic N) is 2. The Bertz CT molecular complexity index is 792. The Morgan fingerprint density at radius 2 is 1.71 bits per heavy atom. The number of hydrogen-bond acceptors (Lipinski definition) is 3. The van der Waals surface area contributed by atoms with E-state index in [0.29, 0.717) is 12.5 Å². The van der Waals surface area contributed by atoms with Crippen LogP contribution in [0.4, 0.5) is 0 Å². The SMILES string of the molecule is CC(C)c1cc(C(CN)c2ccc(O)cc2)n(-c2ccccc2)n1. The molecular weight excluding hydrogens is 298 g/mol. The van der Waals surface area contributed by atoms with E-state index in [9.17, 15) is 5.11 Å². The molecule has 124 valence electrons. The van der Waals surface area contributed by atoms with Crippen molar-refractivity contribution in [3.8, 4) is 11.4 Å². The van der Waals surface area contributed by atoms with Gasteiger partial charge < -0.3 is 10.8 Å². The summed E-state index contributed by atoms with van der Waals surface area (Å²) in [4.78, 5) is 0. The van der Waals surface area contributed by atoms with Gasteiger partial charge in [-0.15, -0.1) is 0 Å². The van der Waals surface area contributed by atoms with Crippen molar-refractivity contribution in [2.24, 2.45) is 5.73 Å². The molecule has 3 aromatic rings. The number of benzene rings is 2. The molecule has 4 nitrogen and oxygen atoms in total. The topological polar surface area (TPSA) is 64.1 Å². The number of phenols is 1. The number of rotatable bonds is 5. The van der Waals surface area contributed by atoms with Crippen LogP contribution in [0.5, 0.6) is 5.75 Å². The Morgan fingerprint density at radius 1 is 1.04 bits per heavy atom. The molecule has 0 radical (unpaired) electrons. The lowest BCUT2D eigenvalue weighted by molar-refractivity contribution is 0.475. The summed E-state index contributed by atoms with van der Waals surface area (Å²) >= 11 is 0. The molecule has 3 N–H and O–H groups in total. The van der Waals surface area contributed by atoms with Crippen molar-refractivity contribution in [1.29, 1.82) is 0 Å². The van der Waals surface area contributed by atoms with Gasteiger partial charge in [0.2, 0.25) is 0 Å². The van der Waals surface area contributed by atoms with E-state index in [1.54, 1.807) is 12.1 Å². The van der Waals surface area contributed by atoms with E-state index in [0.717, 1.165) is 22.6 Å². The first-order chi connectivity index (χ1) is 11.6. The highest BCUT2D eigenvalue weighted by Gasteiger charge is 2.21. The molecule has 1 atom stereocenters. The van der Waals surface area contributed by atoms with Crippen molar-refractivity contribution in [1.82, 2.24) is 9.78 Å². The average molecular weight is 321 g/mol. The lowest BCUT2D eigenvalue weighted by Crippen LogP contribution is -2.17. The summed E-state index contributed by atoms with van der Waals surface area (Å²) in [6, 6.07) is 19.5. The molecule has 4 heteroatoms. The molecule has 0 fully saturated rings. The number of hydrogen-bond donors (Lipinski definition) is 2. The van der Waals surface area contributed by atoms with Gasteiger partial charge in [0.15, 0.2) is 0 Å². The van der Waals surface area contributed by atoms with Crippen LogP contribution in [-0.2, 0) is 0 Å². The van der Waals surface area contributed by atoms with Gasteiger partial charge in [-0.05, 0) is 41.8 Å². The van der Waals surface area contributed by atoms with Crippen LogP contribution in [-0.4, -0.2) is 21.4 Å². The Kier molecular flexibility index (Phi) is 4.67. The Labute approximate surface area is 142 Å². The second-order valence-electron chi connectivity index (χ2n) is 6.28. The summed E-state index contributed by atoms with van der Waals surface area (Å²) < 4.78 is 1.99. The van der Waals surface area contributed by atoms with Crippen LogP contribution in [0.2, 0.25) is 0 Å². The van der Waals surface area contributed by atoms with Crippen LogP contribution in [0.15, 0.2) is 60.7 Å². The molecule has 0 bridgehead atoms. The average Bonchev–Trinajstić information content (AvgIpc) is 3.03. The highest BCUT2D eigenvalue weighted by atomic mass is 16.3. The summed E-state index contributed by atoms with van der Waals surface area (Å²) in [6.07, 6.45) is 0. The van der Waals surface area contributed by atoms with Crippen molar-refractivity contribution < 1.29 is 5.11 Å². The molecule has 0 aliphatic carbocycles. The van der Waals surface area contributed by atoms with Gasteiger partial charge >= 0.3 is 0 Å². The predicted molar refractivity (Wildman–Crippen MR) is 96.7 cm³/mol. The molecule has 1 heterocycles. The van der Waals surface area contributed by atoms with Gasteiger partial charge in [0.1, 0.15) is 5.75 Å². The molecule has 0 aliphatic heterocycles. The molecule has 24 heavy (non-hydrogen) atoms. The fraction of sp³-hybridized carbons (Fsp3) is 0.250. The fourth-order valence-electron chi connectivity index (χ4n) is 2.86. The van der Waals surface area contributed by atoms with E-state index in [-0.39, 0.29) is 11.7 Å². The minimum absolute atomic E-state index is 0.0193. The van der Waals surface area contributed by atoms with E-state index >= 15 is 0 Å². The van der Waals surface area contributed by atoms with Gasteiger partial charge in [-0.1, -0.05) is 44.2 Å². The second kappa shape index (κ2) is 6.89. The number of aromatic nitrogens is 2. The quantitative estimate of drug-likeness (QED) is 0.751. The van der Waals surface area contributed by atoms with Crippen LogP contribution in [0, 0.1) is 0 Å². The van der Waals surface area contributed by atoms with Crippen LogP contribution in [0.25, 0.3) is 5.69 Å². The van der Waals surface area contributed by atoms with E-state index in [4.69, 9.17) is 10.8 Å². The van der Waals surface area contributed by atoms with E-state index in [2.05, 4.69) is 19.9 Å². The monoisotopic (exact) mass is 321 g/mol. The molecule has 3 rings (SSSR count). The molecular formula is C20H23N3O. The Hall–Kier alpha value is -2.59. The number of phenolic OH excluding ortho intramolecular Hbond substituents is 1. The van der Waals surface area contributed by atoms with Crippen LogP contribution in [0.1, 0.15) is 42.6 Å². The summed E-state index contributed by atoms with van der Waals surface area (Å²) in [6.45, 7) is 4.75. The summed E-state index contributed by atoms with van der Waals surface area (Å²) in [5.41, 5.74) is 10.3. The standard InChI is InChI=1S/C20H23N3O/c1-14(2)19-12-20(23(22-19)16-6-4-3-5-7-16)18(13-21)15-8-10-17(24)11-9-15/h3-12,14,18,24H,13,21H2,1-2H3. The molecule has 0 amide bonds. The van der Waals surface area contributed by atoms with Crippen molar-refractivity contribution in [3.63, 3.8) is 0 Å². The minimum atomic E-state index is 0.0193. The lowest BCUT2D eigenvalue weighted by Gasteiger charge is -2.17. The van der Waals surface area contributed by atoms with Crippen LogP contribution in [0.3, 0.4) is 0 Å². The van der Waals surface area contributed by atoms with Crippen molar-refractivity contribution in [2.75, 3.05) is 6.54 Å². The number of aromatic hydroxyl groups is 1. The highest BCUT2D eigenvalue weighted by Crippen LogP contribution is 2.29. The van der Waals surface area contributed by atoms with Gasteiger partial charge in [-0.3, -0.25) is 0 Å². The zero-order valence-corrected chi connectivity index (χ0v) is 14.1. The maximum atomic E-state index is 9.54. The lowest BCUT2D eigenvalue weighted by atomic mass is 9.94. The zero-order chi connectivity index (χ0) is 17.1. The summed E-state index contributed by atoms with van der Waals surface area (Å²) in [7, 11) is 0. The Morgan fingerprint density at radius 3 is 2.29 bits per heavy atom. The molecule has 0 aliphatic rings. The first-order valence-corrected chi connectivity index (χ1v) is 8.24.